The Bertz CT molecular complexity index is 1160. The molecule has 1 aromatic heterocycles. The molecule has 1 atom stereocenters. The molecular weight excluding hydrogens is 410 g/mol. The molecule has 2 aromatic carbocycles. The average molecular weight is 448 g/mol. The molecule has 1 amide bonds. The first kappa shape index (κ1) is 24.7. The van der Waals surface area contributed by atoms with Gasteiger partial charge in [0.2, 0.25) is 0 Å². The van der Waals surface area contributed by atoms with E-state index in [2.05, 4.69) is 34.6 Å². The minimum absolute atomic E-state index is 0.0131. The van der Waals surface area contributed by atoms with Crippen LogP contribution in [0.5, 0.6) is 0 Å². The fraction of sp³-hybridized carbons (Fsp3) is 0.464. The van der Waals surface area contributed by atoms with E-state index >= 15 is 0 Å². The number of carbonyl (C=O) groups excluding carboxylic acids is 1. The maximum Gasteiger partial charge on any atom is 0.261 e. The van der Waals surface area contributed by atoms with Crippen LogP contribution < -0.4 is 5.56 Å². The van der Waals surface area contributed by atoms with Gasteiger partial charge in [-0.15, -0.1) is 0 Å². The number of carbonyl (C=O) groups is 1. The van der Waals surface area contributed by atoms with Crippen LogP contribution in [-0.2, 0) is 12.0 Å². The first-order valence-electron chi connectivity index (χ1n) is 12.1. The molecule has 1 unspecified atom stereocenters. The molecule has 0 spiro atoms. The molecule has 176 valence electrons. The van der Waals surface area contributed by atoms with E-state index in [9.17, 15) is 9.59 Å². The molecule has 1 heterocycles. The zero-order valence-corrected chi connectivity index (χ0v) is 20.9. The summed E-state index contributed by atoms with van der Waals surface area (Å²) >= 11 is 0. The molecule has 0 saturated carbocycles. The number of rotatable bonds is 8. The second-order valence-corrected chi connectivity index (χ2v) is 9.64. The van der Waals surface area contributed by atoms with Crippen LogP contribution in [0.3, 0.4) is 0 Å². The van der Waals surface area contributed by atoms with E-state index in [1.54, 1.807) is 4.57 Å². The van der Waals surface area contributed by atoms with Crippen LogP contribution >= 0.6 is 0 Å². The summed E-state index contributed by atoms with van der Waals surface area (Å²) in [5.74, 6) is 0.653. The standard InChI is InChI=1S/C28H37N3O2/c1-7-10-19-31(26(32)20-15-17-21(18-16-20)28(4,5)6)24(8-2)25-29-23-14-12-11-13-22(23)27(33)30(25)9-3/h11-18,24H,7-10,19H2,1-6H3. The molecular formula is C28H37N3O2. The van der Waals surface area contributed by atoms with E-state index < -0.39 is 0 Å². The van der Waals surface area contributed by atoms with Crippen molar-refractivity contribution in [3.63, 3.8) is 0 Å². The van der Waals surface area contributed by atoms with Crippen molar-refractivity contribution >= 4 is 16.8 Å². The molecule has 0 N–H and O–H groups in total. The summed E-state index contributed by atoms with van der Waals surface area (Å²) in [6.45, 7) is 13.8. The summed E-state index contributed by atoms with van der Waals surface area (Å²) in [6.07, 6.45) is 2.56. The van der Waals surface area contributed by atoms with Gasteiger partial charge in [0, 0.05) is 18.7 Å². The molecule has 3 rings (SSSR count). The van der Waals surface area contributed by atoms with Crippen LogP contribution in [-0.4, -0.2) is 26.9 Å². The van der Waals surface area contributed by atoms with E-state index in [1.165, 1.54) is 5.56 Å². The minimum Gasteiger partial charge on any atom is -0.328 e. The molecule has 0 aliphatic heterocycles. The third-order valence-electron chi connectivity index (χ3n) is 6.28. The van der Waals surface area contributed by atoms with E-state index in [1.807, 2.05) is 60.4 Å². The van der Waals surface area contributed by atoms with E-state index in [4.69, 9.17) is 4.98 Å². The van der Waals surface area contributed by atoms with Gasteiger partial charge in [-0.3, -0.25) is 14.2 Å². The molecule has 0 aliphatic rings. The maximum absolute atomic E-state index is 13.7. The van der Waals surface area contributed by atoms with Gasteiger partial charge in [0.1, 0.15) is 5.82 Å². The van der Waals surface area contributed by atoms with Gasteiger partial charge in [0.25, 0.3) is 11.5 Å². The summed E-state index contributed by atoms with van der Waals surface area (Å²) in [7, 11) is 0. The van der Waals surface area contributed by atoms with Gasteiger partial charge < -0.3 is 4.90 Å². The average Bonchev–Trinajstić information content (AvgIpc) is 2.81. The lowest BCUT2D eigenvalue weighted by Crippen LogP contribution is -2.39. The van der Waals surface area contributed by atoms with Gasteiger partial charge >= 0.3 is 0 Å². The Balaban J connectivity index is 2.09. The number of amides is 1. The molecule has 0 radical (unpaired) electrons. The lowest BCUT2D eigenvalue weighted by Gasteiger charge is -2.32. The van der Waals surface area contributed by atoms with Crippen molar-refractivity contribution in [1.29, 1.82) is 0 Å². The fourth-order valence-electron chi connectivity index (χ4n) is 4.29. The van der Waals surface area contributed by atoms with Crippen LogP contribution in [0, 0.1) is 0 Å². The molecule has 5 nitrogen and oxygen atoms in total. The summed E-state index contributed by atoms with van der Waals surface area (Å²) in [6, 6.07) is 15.1. The Morgan fingerprint density at radius 2 is 1.70 bits per heavy atom. The van der Waals surface area contributed by atoms with Crippen molar-refractivity contribution in [1.82, 2.24) is 14.5 Å². The maximum atomic E-state index is 13.7. The Kier molecular flexibility index (Phi) is 7.72. The fourth-order valence-corrected chi connectivity index (χ4v) is 4.29. The normalized spacial score (nSPS) is 12.7. The number of hydrogen-bond donors (Lipinski definition) is 0. The highest BCUT2D eigenvalue weighted by Crippen LogP contribution is 2.28. The third kappa shape index (κ3) is 5.18. The number of aromatic nitrogens is 2. The number of para-hydroxylation sites is 1. The molecule has 0 bridgehead atoms. The van der Waals surface area contributed by atoms with Gasteiger partial charge in [0.05, 0.1) is 16.9 Å². The zero-order chi connectivity index (χ0) is 24.2. The monoisotopic (exact) mass is 447 g/mol. The van der Waals surface area contributed by atoms with Crippen molar-refractivity contribution < 1.29 is 4.79 Å². The largest absolute Gasteiger partial charge is 0.328 e. The van der Waals surface area contributed by atoms with Gasteiger partial charge in [-0.2, -0.15) is 0 Å². The van der Waals surface area contributed by atoms with E-state index in [0.29, 0.717) is 41.8 Å². The van der Waals surface area contributed by atoms with Crippen LogP contribution in [0.2, 0.25) is 0 Å². The molecule has 33 heavy (non-hydrogen) atoms. The lowest BCUT2D eigenvalue weighted by molar-refractivity contribution is 0.0653. The van der Waals surface area contributed by atoms with Crippen molar-refractivity contribution in [3.8, 4) is 0 Å². The lowest BCUT2D eigenvalue weighted by atomic mass is 9.86. The van der Waals surface area contributed by atoms with Crippen molar-refractivity contribution in [2.75, 3.05) is 6.54 Å². The highest BCUT2D eigenvalue weighted by atomic mass is 16.2. The Morgan fingerprint density at radius 1 is 1.03 bits per heavy atom. The second kappa shape index (κ2) is 10.3. The predicted octanol–water partition coefficient (Wildman–Crippen LogP) is 6.11. The molecule has 5 heteroatoms. The van der Waals surface area contributed by atoms with Gasteiger partial charge in [-0.05, 0) is 55.0 Å². The van der Waals surface area contributed by atoms with Gasteiger partial charge in [0.15, 0.2) is 0 Å². The quantitative estimate of drug-likeness (QED) is 0.419. The van der Waals surface area contributed by atoms with Crippen molar-refractivity contribution in [3.05, 3.63) is 75.8 Å². The number of fused-ring (bicyclic) bond motifs is 1. The zero-order valence-electron chi connectivity index (χ0n) is 20.9. The van der Waals surface area contributed by atoms with Crippen LogP contribution in [0.1, 0.15) is 88.6 Å². The predicted molar refractivity (Wildman–Crippen MR) is 136 cm³/mol. The number of hydrogen-bond acceptors (Lipinski definition) is 3. The topological polar surface area (TPSA) is 55.2 Å². The summed E-state index contributed by atoms with van der Waals surface area (Å²) in [5, 5.41) is 0.613. The molecule has 0 fully saturated rings. The van der Waals surface area contributed by atoms with Crippen LogP contribution in [0.25, 0.3) is 10.9 Å². The SMILES string of the molecule is CCCCN(C(=O)c1ccc(C(C)(C)C)cc1)C(CC)c1nc2ccccc2c(=O)n1CC. The van der Waals surface area contributed by atoms with Crippen LogP contribution in [0.4, 0.5) is 0 Å². The smallest absolute Gasteiger partial charge is 0.261 e. The number of nitrogens with zero attached hydrogens (tertiary/aromatic N) is 3. The highest BCUT2D eigenvalue weighted by Gasteiger charge is 2.29. The molecule has 3 aromatic rings. The van der Waals surface area contributed by atoms with E-state index in [0.717, 1.165) is 12.8 Å². The minimum atomic E-state index is -0.274. The van der Waals surface area contributed by atoms with Crippen molar-refractivity contribution in [2.24, 2.45) is 0 Å². The first-order valence-corrected chi connectivity index (χ1v) is 12.1. The first-order chi connectivity index (χ1) is 15.7. The highest BCUT2D eigenvalue weighted by molar-refractivity contribution is 5.94. The summed E-state index contributed by atoms with van der Waals surface area (Å²) in [5.41, 5.74) is 2.53. The van der Waals surface area contributed by atoms with E-state index in [-0.39, 0.29) is 22.9 Å². The summed E-state index contributed by atoms with van der Waals surface area (Å²) in [4.78, 5) is 33.8. The Morgan fingerprint density at radius 3 is 2.27 bits per heavy atom. The molecule has 0 aliphatic carbocycles. The molecule has 0 saturated heterocycles. The Hall–Kier alpha value is -2.95. The van der Waals surface area contributed by atoms with Gasteiger partial charge in [-0.25, -0.2) is 4.98 Å². The number of unbranched alkanes of at least 4 members (excludes halogenated alkanes) is 1. The summed E-state index contributed by atoms with van der Waals surface area (Å²) < 4.78 is 1.73. The van der Waals surface area contributed by atoms with Gasteiger partial charge in [-0.1, -0.05) is 65.3 Å². The Labute approximate surface area is 197 Å². The second-order valence-electron chi connectivity index (χ2n) is 9.64. The number of benzene rings is 2. The van der Waals surface area contributed by atoms with Crippen LogP contribution in [0.15, 0.2) is 53.3 Å². The van der Waals surface area contributed by atoms with Crippen molar-refractivity contribution in [2.45, 2.75) is 78.8 Å². The third-order valence-corrected chi connectivity index (χ3v) is 6.28.